The van der Waals surface area contributed by atoms with Crippen molar-refractivity contribution in [3.8, 4) is 0 Å². The first-order valence-corrected chi connectivity index (χ1v) is 6.12. The van der Waals surface area contributed by atoms with Gasteiger partial charge in [0.25, 0.3) is 0 Å². The molecule has 1 N–H and O–H groups in total. The summed E-state index contributed by atoms with van der Waals surface area (Å²) in [5.41, 5.74) is 1.08. The van der Waals surface area contributed by atoms with Gasteiger partial charge in [-0.25, -0.2) is 0 Å². The van der Waals surface area contributed by atoms with Gasteiger partial charge in [0.2, 0.25) is 5.91 Å². The zero-order valence-electron chi connectivity index (χ0n) is 10.5. The molecule has 0 radical (unpaired) electrons. The summed E-state index contributed by atoms with van der Waals surface area (Å²) < 4.78 is 0. The molecule has 1 amide bonds. The topological polar surface area (TPSA) is 57.6 Å². The zero-order valence-corrected chi connectivity index (χ0v) is 10.5. The summed E-state index contributed by atoms with van der Waals surface area (Å²) in [6, 6.07) is 0.0137. The normalized spacial score (nSPS) is 32.0. The zero-order chi connectivity index (χ0) is 12.7. The van der Waals surface area contributed by atoms with E-state index in [2.05, 4.69) is 19.9 Å². The molecule has 94 valence electrons. The van der Waals surface area contributed by atoms with Crippen LogP contribution in [0.15, 0.2) is 11.6 Å². The number of likely N-dealkylation sites (tertiary alicyclic amines) is 1. The summed E-state index contributed by atoms with van der Waals surface area (Å²) >= 11 is 0. The van der Waals surface area contributed by atoms with Gasteiger partial charge in [0.15, 0.2) is 0 Å². The Bertz CT molecular complexity index is 386. The fourth-order valence-corrected chi connectivity index (χ4v) is 2.88. The minimum Gasteiger partial charge on any atom is -0.481 e. The number of aliphatic carboxylic acids is 1. The molecule has 3 unspecified atom stereocenters. The van der Waals surface area contributed by atoms with Gasteiger partial charge in [0.1, 0.15) is 0 Å². The standard InChI is InChI=1S/C13H19NO3/c1-7(2)6-14-10-5-8(3)4-9(13(16)17)11(10)12(14)15/h5,7,9-11H,4,6H2,1-3H3,(H,16,17). The summed E-state index contributed by atoms with van der Waals surface area (Å²) in [6.07, 6.45) is 2.58. The molecule has 0 aromatic carbocycles. The number of carbonyl (C=O) groups is 2. The molecule has 2 aliphatic rings. The third-order valence-corrected chi connectivity index (χ3v) is 3.61. The lowest BCUT2D eigenvalue weighted by molar-refractivity contribution is -0.167. The van der Waals surface area contributed by atoms with Crippen molar-refractivity contribution in [2.75, 3.05) is 6.54 Å². The van der Waals surface area contributed by atoms with Crippen LogP contribution in [-0.2, 0) is 9.59 Å². The van der Waals surface area contributed by atoms with Gasteiger partial charge in [-0.3, -0.25) is 9.59 Å². The lowest BCUT2D eigenvalue weighted by atomic mass is 9.70. The summed E-state index contributed by atoms with van der Waals surface area (Å²) in [4.78, 5) is 25.0. The highest BCUT2D eigenvalue weighted by atomic mass is 16.4. The number of β-lactam (4-membered cyclic amide) rings is 1. The summed E-state index contributed by atoms with van der Waals surface area (Å²) in [7, 11) is 0. The fourth-order valence-electron chi connectivity index (χ4n) is 2.88. The van der Waals surface area contributed by atoms with Gasteiger partial charge in [-0.15, -0.1) is 0 Å². The Morgan fingerprint density at radius 2 is 2.24 bits per heavy atom. The van der Waals surface area contributed by atoms with Crippen LogP contribution in [0.5, 0.6) is 0 Å². The van der Waals surface area contributed by atoms with Crippen molar-refractivity contribution in [3.05, 3.63) is 11.6 Å². The number of rotatable bonds is 3. The highest BCUT2D eigenvalue weighted by molar-refractivity contribution is 5.92. The van der Waals surface area contributed by atoms with Crippen LogP contribution in [0.25, 0.3) is 0 Å². The predicted octanol–water partition coefficient (Wildman–Crippen LogP) is 1.52. The number of hydrogen-bond acceptors (Lipinski definition) is 2. The van der Waals surface area contributed by atoms with Gasteiger partial charge in [-0.1, -0.05) is 25.5 Å². The Morgan fingerprint density at radius 1 is 1.59 bits per heavy atom. The molecule has 1 heterocycles. The van der Waals surface area contributed by atoms with Crippen molar-refractivity contribution in [2.45, 2.75) is 33.2 Å². The molecule has 0 bridgehead atoms. The van der Waals surface area contributed by atoms with E-state index >= 15 is 0 Å². The molecule has 1 aliphatic heterocycles. The average molecular weight is 237 g/mol. The number of allylic oxidation sites excluding steroid dienone is 1. The summed E-state index contributed by atoms with van der Waals surface area (Å²) in [5.74, 6) is -1.26. The minimum atomic E-state index is -0.843. The molecule has 0 spiro atoms. The van der Waals surface area contributed by atoms with E-state index in [0.29, 0.717) is 12.3 Å². The maximum Gasteiger partial charge on any atom is 0.307 e. The maximum atomic E-state index is 12.0. The molecule has 0 aromatic rings. The van der Waals surface area contributed by atoms with E-state index in [1.807, 2.05) is 11.8 Å². The van der Waals surface area contributed by atoms with Gasteiger partial charge >= 0.3 is 5.97 Å². The monoisotopic (exact) mass is 237 g/mol. The Balaban J connectivity index is 2.19. The molecule has 2 rings (SSSR count). The van der Waals surface area contributed by atoms with Gasteiger partial charge in [0, 0.05) is 6.54 Å². The molecule has 1 fully saturated rings. The fraction of sp³-hybridized carbons (Fsp3) is 0.692. The van der Waals surface area contributed by atoms with Gasteiger partial charge in [0.05, 0.1) is 17.9 Å². The predicted molar refractivity (Wildman–Crippen MR) is 63.3 cm³/mol. The minimum absolute atomic E-state index is 0.0137. The van der Waals surface area contributed by atoms with E-state index in [-0.39, 0.29) is 17.9 Å². The average Bonchev–Trinajstić information content (AvgIpc) is 2.24. The van der Waals surface area contributed by atoms with Crippen LogP contribution in [0.1, 0.15) is 27.2 Å². The molecule has 0 saturated carbocycles. The number of carboxylic acids is 1. The molecule has 4 heteroatoms. The van der Waals surface area contributed by atoms with Crippen molar-refractivity contribution in [1.82, 2.24) is 4.90 Å². The summed E-state index contributed by atoms with van der Waals surface area (Å²) in [6.45, 7) is 6.79. The number of carbonyl (C=O) groups excluding carboxylic acids is 1. The van der Waals surface area contributed by atoms with E-state index in [4.69, 9.17) is 5.11 Å². The largest absolute Gasteiger partial charge is 0.481 e. The number of hydrogen-bond donors (Lipinski definition) is 1. The van der Waals surface area contributed by atoms with Crippen molar-refractivity contribution in [2.24, 2.45) is 17.8 Å². The molecular weight excluding hydrogens is 218 g/mol. The van der Waals surface area contributed by atoms with Crippen LogP contribution in [0, 0.1) is 17.8 Å². The second kappa shape index (κ2) is 4.17. The van der Waals surface area contributed by atoms with Crippen molar-refractivity contribution in [1.29, 1.82) is 0 Å². The molecule has 17 heavy (non-hydrogen) atoms. The van der Waals surface area contributed by atoms with Gasteiger partial charge in [-0.2, -0.15) is 0 Å². The van der Waals surface area contributed by atoms with Crippen molar-refractivity contribution >= 4 is 11.9 Å². The van der Waals surface area contributed by atoms with Crippen molar-refractivity contribution in [3.63, 3.8) is 0 Å². The van der Waals surface area contributed by atoms with Crippen LogP contribution < -0.4 is 0 Å². The van der Waals surface area contributed by atoms with E-state index in [1.165, 1.54) is 0 Å². The lowest BCUT2D eigenvalue weighted by Crippen LogP contribution is -2.65. The van der Waals surface area contributed by atoms with E-state index in [1.54, 1.807) is 0 Å². The van der Waals surface area contributed by atoms with E-state index < -0.39 is 11.9 Å². The first-order chi connectivity index (χ1) is 7.91. The molecule has 1 aliphatic carbocycles. The highest BCUT2D eigenvalue weighted by Gasteiger charge is 2.53. The quantitative estimate of drug-likeness (QED) is 0.598. The first-order valence-electron chi connectivity index (χ1n) is 6.12. The van der Waals surface area contributed by atoms with Crippen LogP contribution in [0.3, 0.4) is 0 Å². The Morgan fingerprint density at radius 3 is 2.76 bits per heavy atom. The number of fused-ring (bicyclic) bond motifs is 1. The molecule has 0 aromatic heterocycles. The molecular formula is C13H19NO3. The number of nitrogens with zero attached hydrogens (tertiary/aromatic N) is 1. The number of carboxylic acid groups (broad SMARTS) is 1. The maximum absolute atomic E-state index is 12.0. The second-order valence-electron chi connectivity index (χ2n) is 5.56. The second-order valence-corrected chi connectivity index (χ2v) is 5.56. The Hall–Kier alpha value is -1.32. The number of amides is 1. The van der Waals surface area contributed by atoms with Gasteiger partial charge < -0.3 is 10.0 Å². The highest BCUT2D eigenvalue weighted by Crippen LogP contribution is 2.41. The SMILES string of the molecule is CC1=CC2C(C(=O)N2CC(C)C)C(C(=O)O)C1. The van der Waals surface area contributed by atoms with E-state index in [9.17, 15) is 9.59 Å². The molecule has 4 nitrogen and oxygen atoms in total. The Kier molecular flexibility index (Phi) is 2.98. The first kappa shape index (κ1) is 12.1. The van der Waals surface area contributed by atoms with Crippen LogP contribution in [0.4, 0.5) is 0 Å². The smallest absolute Gasteiger partial charge is 0.307 e. The molecule has 3 atom stereocenters. The third kappa shape index (κ3) is 1.96. The van der Waals surface area contributed by atoms with E-state index in [0.717, 1.165) is 12.1 Å². The van der Waals surface area contributed by atoms with Gasteiger partial charge in [-0.05, 0) is 19.3 Å². The van der Waals surface area contributed by atoms with Crippen molar-refractivity contribution < 1.29 is 14.7 Å². The molecule has 1 saturated heterocycles. The van der Waals surface area contributed by atoms with Crippen LogP contribution in [-0.4, -0.2) is 34.5 Å². The Labute approximate surface area is 101 Å². The third-order valence-electron chi connectivity index (χ3n) is 3.61. The summed E-state index contributed by atoms with van der Waals surface area (Å²) in [5, 5.41) is 9.17. The lowest BCUT2D eigenvalue weighted by Gasteiger charge is -2.51. The van der Waals surface area contributed by atoms with Crippen LogP contribution in [0.2, 0.25) is 0 Å². The van der Waals surface area contributed by atoms with Crippen LogP contribution >= 0.6 is 0 Å².